The van der Waals surface area contributed by atoms with E-state index < -0.39 is 0 Å². The van der Waals surface area contributed by atoms with Gasteiger partial charge in [0.1, 0.15) is 18.2 Å². The molecule has 0 atom stereocenters. The van der Waals surface area contributed by atoms with Crippen molar-refractivity contribution in [1.29, 1.82) is 0 Å². The van der Waals surface area contributed by atoms with Crippen LogP contribution < -0.4 is 4.74 Å². The van der Waals surface area contributed by atoms with Crippen LogP contribution in [0.3, 0.4) is 0 Å². The molecule has 2 aromatic rings. The zero-order valence-corrected chi connectivity index (χ0v) is 12.0. The second-order valence-electron chi connectivity index (χ2n) is 5.45. The van der Waals surface area contributed by atoms with E-state index in [1.807, 2.05) is 12.4 Å². The Balaban J connectivity index is 1.40. The maximum absolute atomic E-state index is 13.0. The average molecular weight is 289 g/mol. The van der Waals surface area contributed by atoms with E-state index in [0.29, 0.717) is 18.3 Å². The number of hydrogen-bond donors (Lipinski definition) is 1. The van der Waals surface area contributed by atoms with Crippen LogP contribution in [0.2, 0.25) is 0 Å². The molecule has 0 amide bonds. The van der Waals surface area contributed by atoms with Crippen LogP contribution in [0.15, 0.2) is 36.7 Å². The first-order valence-electron chi connectivity index (χ1n) is 7.40. The van der Waals surface area contributed by atoms with Crippen LogP contribution in [0.25, 0.3) is 0 Å². The molecule has 1 aromatic heterocycles. The number of likely N-dealkylation sites (tertiary alicyclic amines) is 1. The van der Waals surface area contributed by atoms with Gasteiger partial charge in [-0.15, -0.1) is 0 Å². The number of rotatable bonds is 5. The number of nitrogens with zero attached hydrogens (tertiary/aromatic N) is 2. The van der Waals surface area contributed by atoms with E-state index in [1.165, 1.54) is 17.7 Å². The van der Waals surface area contributed by atoms with Gasteiger partial charge in [-0.05, 0) is 49.5 Å². The van der Waals surface area contributed by atoms with Crippen LogP contribution in [-0.4, -0.2) is 41.3 Å². The van der Waals surface area contributed by atoms with E-state index in [0.717, 1.165) is 32.5 Å². The first kappa shape index (κ1) is 14.1. The van der Waals surface area contributed by atoms with Crippen LogP contribution in [0.4, 0.5) is 4.39 Å². The van der Waals surface area contributed by atoms with Crippen molar-refractivity contribution in [2.24, 2.45) is 0 Å². The number of aromatic nitrogens is 2. The molecule has 4 nitrogen and oxygen atoms in total. The number of ether oxygens (including phenoxy) is 1. The largest absolute Gasteiger partial charge is 0.492 e. The topological polar surface area (TPSA) is 41.1 Å². The number of benzene rings is 1. The first-order valence-corrected chi connectivity index (χ1v) is 7.40. The number of aromatic amines is 1. The van der Waals surface area contributed by atoms with E-state index >= 15 is 0 Å². The average Bonchev–Trinajstić information content (AvgIpc) is 3.02. The van der Waals surface area contributed by atoms with Crippen molar-refractivity contribution in [3.8, 4) is 5.75 Å². The summed E-state index contributed by atoms with van der Waals surface area (Å²) in [5, 5.41) is 6.90. The van der Waals surface area contributed by atoms with Gasteiger partial charge in [-0.1, -0.05) is 6.07 Å². The summed E-state index contributed by atoms with van der Waals surface area (Å²) in [7, 11) is 0. The molecule has 1 aromatic carbocycles. The van der Waals surface area contributed by atoms with Gasteiger partial charge in [0.2, 0.25) is 0 Å². The van der Waals surface area contributed by atoms with E-state index in [4.69, 9.17) is 4.74 Å². The zero-order chi connectivity index (χ0) is 14.5. The van der Waals surface area contributed by atoms with Gasteiger partial charge in [-0.3, -0.25) is 10.00 Å². The monoisotopic (exact) mass is 289 g/mol. The summed E-state index contributed by atoms with van der Waals surface area (Å²) in [6, 6.07) is 6.30. The summed E-state index contributed by atoms with van der Waals surface area (Å²) in [5.41, 5.74) is 1.31. The van der Waals surface area contributed by atoms with Gasteiger partial charge in [0.05, 0.1) is 6.20 Å². The predicted octanol–water partition coefficient (Wildman–Crippen LogP) is 2.81. The second kappa shape index (κ2) is 6.72. The molecule has 0 spiro atoms. The minimum atomic E-state index is -0.256. The van der Waals surface area contributed by atoms with E-state index in [1.54, 1.807) is 12.1 Å². The minimum Gasteiger partial charge on any atom is -0.492 e. The fraction of sp³-hybridized carbons (Fsp3) is 0.438. The summed E-state index contributed by atoms with van der Waals surface area (Å²) in [6.07, 6.45) is 6.22. The second-order valence-corrected chi connectivity index (χ2v) is 5.45. The molecule has 1 fully saturated rings. The van der Waals surface area contributed by atoms with Gasteiger partial charge in [0, 0.05) is 18.8 Å². The number of H-pyrrole nitrogens is 1. The Hall–Kier alpha value is -1.88. The number of hydrogen-bond acceptors (Lipinski definition) is 3. The van der Waals surface area contributed by atoms with Crippen molar-refractivity contribution in [1.82, 2.24) is 15.1 Å². The lowest BCUT2D eigenvalue weighted by molar-refractivity contribution is 0.173. The highest BCUT2D eigenvalue weighted by Gasteiger charge is 2.20. The van der Waals surface area contributed by atoms with Gasteiger partial charge in [0.15, 0.2) is 0 Å². The summed E-state index contributed by atoms with van der Waals surface area (Å²) in [6.45, 7) is 3.62. The smallest absolute Gasteiger partial charge is 0.126 e. The van der Waals surface area contributed by atoms with Gasteiger partial charge in [0.25, 0.3) is 0 Å². The molecule has 1 N–H and O–H groups in total. The summed E-state index contributed by atoms with van der Waals surface area (Å²) < 4.78 is 18.6. The van der Waals surface area contributed by atoms with Crippen LogP contribution >= 0.6 is 0 Å². The van der Waals surface area contributed by atoms with Crippen LogP contribution in [-0.2, 0) is 0 Å². The molecular weight excluding hydrogens is 269 g/mol. The lowest BCUT2D eigenvalue weighted by Gasteiger charge is -2.31. The molecule has 0 unspecified atom stereocenters. The van der Waals surface area contributed by atoms with E-state index in [-0.39, 0.29) is 5.82 Å². The molecule has 1 saturated heterocycles. The lowest BCUT2D eigenvalue weighted by atomic mass is 9.92. The highest BCUT2D eigenvalue weighted by molar-refractivity contribution is 5.22. The van der Waals surface area contributed by atoms with Crippen molar-refractivity contribution in [2.45, 2.75) is 18.8 Å². The lowest BCUT2D eigenvalue weighted by Crippen LogP contribution is -2.35. The summed E-state index contributed by atoms with van der Waals surface area (Å²) in [5.74, 6) is 0.959. The van der Waals surface area contributed by atoms with Crippen molar-refractivity contribution in [3.05, 3.63) is 48.0 Å². The normalized spacial score (nSPS) is 17.0. The van der Waals surface area contributed by atoms with Gasteiger partial charge in [-0.2, -0.15) is 5.10 Å². The third kappa shape index (κ3) is 3.82. The SMILES string of the molecule is Fc1cccc(OCCN2CCC(c3cn[nH]c3)CC2)c1. The third-order valence-electron chi connectivity index (χ3n) is 4.05. The van der Waals surface area contributed by atoms with Gasteiger partial charge in [-0.25, -0.2) is 4.39 Å². The Bertz CT molecular complexity index is 550. The Kier molecular flexibility index (Phi) is 4.50. The number of piperidine rings is 1. The standard InChI is InChI=1S/C16H20FN3O/c17-15-2-1-3-16(10-15)21-9-8-20-6-4-13(5-7-20)14-11-18-19-12-14/h1-3,10-13H,4-9H2,(H,18,19). The van der Waals surface area contributed by atoms with Crippen molar-refractivity contribution in [2.75, 3.05) is 26.2 Å². The maximum Gasteiger partial charge on any atom is 0.126 e. The first-order chi connectivity index (χ1) is 10.3. The van der Waals surface area contributed by atoms with Crippen molar-refractivity contribution < 1.29 is 9.13 Å². The third-order valence-corrected chi connectivity index (χ3v) is 4.05. The number of nitrogens with one attached hydrogen (secondary N) is 1. The highest BCUT2D eigenvalue weighted by Crippen LogP contribution is 2.26. The van der Waals surface area contributed by atoms with Crippen molar-refractivity contribution in [3.63, 3.8) is 0 Å². The Morgan fingerprint density at radius 1 is 1.33 bits per heavy atom. The minimum absolute atomic E-state index is 0.256. The maximum atomic E-state index is 13.0. The van der Waals surface area contributed by atoms with Crippen LogP contribution in [0.1, 0.15) is 24.3 Å². The molecule has 3 rings (SSSR count). The van der Waals surface area contributed by atoms with Gasteiger partial charge >= 0.3 is 0 Å². The fourth-order valence-electron chi connectivity index (χ4n) is 2.82. The van der Waals surface area contributed by atoms with Crippen LogP contribution in [0, 0.1) is 5.82 Å². The van der Waals surface area contributed by atoms with Crippen molar-refractivity contribution >= 4 is 0 Å². The Labute approximate surface area is 123 Å². The Morgan fingerprint density at radius 2 is 2.19 bits per heavy atom. The summed E-state index contributed by atoms with van der Waals surface area (Å²) in [4.78, 5) is 2.40. The molecular formula is C16H20FN3O. The molecule has 0 aliphatic carbocycles. The highest BCUT2D eigenvalue weighted by atomic mass is 19.1. The van der Waals surface area contributed by atoms with E-state index in [2.05, 4.69) is 15.1 Å². The Morgan fingerprint density at radius 3 is 2.90 bits per heavy atom. The quantitative estimate of drug-likeness (QED) is 0.920. The van der Waals surface area contributed by atoms with Gasteiger partial charge < -0.3 is 4.74 Å². The molecule has 1 aliphatic heterocycles. The molecule has 0 saturated carbocycles. The fourth-order valence-corrected chi connectivity index (χ4v) is 2.82. The molecule has 5 heteroatoms. The number of halogens is 1. The summed E-state index contributed by atoms with van der Waals surface area (Å²) >= 11 is 0. The van der Waals surface area contributed by atoms with E-state index in [9.17, 15) is 4.39 Å². The molecule has 1 aliphatic rings. The zero-order valence-electron chi connectivity index (χ0n) is 12.0. The predicted molar refractivity (Wildman–Crippen MR) is 78.9 cm³/mol. The molecule has 0 bridgehead atoms. The molecule has 0 radical (unpaired) electrons. The van der Waals surface area contributed by atoms with Crippen LogP contribution in [0.5, 0.6) is 5.75 Å². The molecule has 21 heavy (non-hydrogen) atoms. The molecule has 112 valence electrons. The molecule has 2 heterocycles.